The van der Waals surface area contributed by atoms with Crippen LogP contribution in [0.15, 0.2) is 21.5 Å². The molecule has 0 aliphatic heterocycles. The van der Waals surface area contributed by atoms with E-state index in [1.54, 1.807) is 11.8 Å². The van der Waals surface area contributed by atoms with Crippen LogP contribution in [0.5, 0.6) is 0 Å². The molecule has 0 spiro atoms. The Labute approximate surface area is 121 Å². The highest BCUT2D eigenvalue weighted by molar-refractivity contribution is 9.10. The van der Waals surface area contributed by atoms with E-state index in [1.807, 2.05) is 12.1 Å². The molecule has 0 bridgehead atoms. The summed E-state index contributed by atoms with van der Waals surface area (Å²) in [5.74, 6) is 0.618. The van der Waals surface area contributed by atoms with Crippen LogP contribution in [-0.2, 0) is 6.54 Å². The van der Waals surface area contributed by atoms with E-state index >= 15 is 0 Å². The number of rotatable bonds is 3. The number of halogens is 2. The second kappa shape index (κ2) is 6.40. The monoisotopic (exact) mass is 331 g/mol. The lowest BCUT2D eigenvalue weighted by molar-refractivity contribution is 0.394. The van der Waals surface area contributed by atoms with Crippen molar-refractivity contribution in [3.8, 4) is 0 Å². The molecule has 4 heteroatoms. The maximum atomic E-state index is 14.2. The number of hydrogen-bond acceptors (Lipinski definition) is 2. The van der Waals surface area contributed by atoms with E-state index in [1.165, 1.54) is 25.7 Å². The first-order valence-corrected chi connectivity index (χ1v) is 8.12. The van der Waals surface area contributed by atoms with Gasteiger partial charge in [-0.15, -0.1) is 11.8 Å². The van der Waals surface area contributed by atoms with Gasteiger partial charge in [0.15, 0.2) is 5.82 Å². The SMILES string of the molecule is CC1CCCC(Sc2ccc(CN)c(Br)c2F)C1. The highest BCUT2D eigenvalue weighted by Crippen LogP contribution is 2.39. The molecule has 1 aromatic carbocycles. The third-order valence-electron chi connectivity index (χ3n) is 3.53. The zero-order chi connectivity index (χ0) is 13.1. The maximum absolute atomic E-state index is 14.2. The molecule has 2 rings (SSSR count). The van der Waals surface area contributed by atoms with Crippen molar-refractivity contribution in [3.63, 3.8) is 0 Å². The Morgan fingerprint density at radius 1 is 1.44 bits per heavy atom. The molecule has 0 amide bonds. The Balaban J connectivity index is 2.12. The van der Waals surface area contributed by atoms with E-state index in [0.717, 1.165) is 16.4 Å². The molecule has 0 radical (unpaired) electrons. The first-order valence-electron chi connectivity index (χ1n) is 6.45. The van der Waals surface area contributed by atoms with Crippen LogP contribution in [0.2, 0.25) is 0 Å². The summed E-state index contributed by atoms with van der Waals surface area (Å²) in [6, 6.07) is 3.79. The standard InChI is InChI=1S/C14H19BrFNS/c1-9-3-2-4-11(7-9)18-12-6-5-10(8-17)13(15)14(12)16/h5-6,9,11H,2-4,7-8,17H2,1H3. The molecule has 100 valence electrons. The fourth-order valence-corrected chi connectivity index (χ4v) is 4.54. The third-order valence-corrected chi connectivity index (χ3v) is 5.72. The van der Waals surface area contributed by atoms with Gasteiger partial charge in [-0.2, -0.15) is 0 Å². The Bertz CT molecular complexity index is 425. The number of hydrogen-bond donors (Lipinski definition) is 1. The molecular formula is C14H19BrFNS. The van der Waals surface area contributed by atoms with Crippen molar-refractivity contribution in [2.75, 3.05) is 0 Å². The molecule has 18 heavy (non-hydrogen) atoms. The zero-order valence-corrected chi connectivity index (χ0v) is 13.0. The van der Waals surface area contributed by atoms with E-state index in [9.17, 15) is 4.39 Å². The van der Waals surface area contributed by atoms with Crippen LogP contribution >= 0.6 is 27.7 Å². The predicted octanol–water partition coefficient (Wildman–Crippen LogP) is 4.72. The number of benzene rings is 1. The van der Waals surface area contributed by atoms with E-state index in [4.69, 9.17) is 5.73 Å². The molecule has 0 saturated heterocycles. The van der Waals surface area contributed by atoms with Gasteiger partial charge in [0.2, 0.25) is 0 Å². The van der Waals surface area contributed by atoms with Crippen molar-refractivity contribution in [3.05, 3.63) is 28.0 Å². The molecule has 1 nitrogen and oxygen atoms in total. The summed E-state index contributed by atoms with van der Waals surface area (Å²) in [5.41, 5.74) is 6.40. The average molecular weight is 332 g/mol. The van der Waals surface area contributed by atoms with Gasteiger partial charge < -0.3 is 5.73 Å². The van der Waals surface area contributed by atoms with Crippen LogP contribution in [0.1, 0.15) is 38.2 Å². The molecule has 1 saturated carbocycles. The Hall–Kier alpha value is -0.0600. The van der Waals surface area contributed by atoms with Crippen molar-refractivity contribution in [1.29, 1.82) is 0 Å². The number of thioether (sulfide) groups is 1. The van der Waals surface area contributed by atoms with Crippen molar-refractivity contribution in [1.82, 2.24) is 0 Å². The van der Waals surface area contributed by atoms with Crippen LogP contribution in [-0.4, -0.2) is 5.25 Å². The second-order valence-electron chi connectivity index (χ2n) is 5.07. The molecule has 1 fully saturated rings. The summed E-state index contributed by atoms with van der Waals surface area (Å²) in [4.78, 5) is 0.748. The Kier molecular flexibility index (Phi) is 5.10. The van der Waals surface area contributed by atoms with Crippen molar-refractivity contribution in [2.45, 2.75) is 49.3 Å². The van der Waals surface area contributed by atoms with Gasteiger partial charge in [-0.25, -0.2) is 4.39 Å². The van der Waals surface area contributed by atoms with Crippen LogP contribution in [0.25, 0.3) is 0 Å². The summed E-state index contributed by atoms with van der Waals surface area (Å²) in [5, 5.41) is 0.555. The van der Waals surface area contributed by atoms with E-state index < -0.39 is 0 Å². The van der Waals surface area contributed by atoms with Crippen molar-refractivity contribution < 1.29 is 4.39 Å². The molecule has 0 aromatic heterocycles. The summed E-state index contributed by atoms with van der Waals surface area (Å²) in [6.45, 7) is 2.65. The first kappa shape index (κ1) is 14.4. The minimum absolute atomic E-state index is 0.152. The smallest absolute Gasteiger partial charge is 0.151 e. The van der Waals surface area contributed by atoms with Crippen LogP contribution < -0.4 is 5.73 Å². The molecule has 1 aliphatic carbocycles. The Morgan fingerprint density at radius 2 is 2.22 bits per heavy atom. The quantitative estimate of drug-likeness (QED) is 0.867. The van der Waals surface area contributed by atoms with Crippen LogP contribution in [0.3, 0.4) is 0 Å². The topological polar surface area (TPSA) is 26.0 Å². The fraction of sp³-hybridized carbons (Fsp3) is 0.571. The lowest BCUT2D eigenvalue weighted by Gasteiger charge is -2.26. The normalized spacial score (nSPS) is 24.2. The molecule has 2 unspecified atom stereocenters. The van der Waals surface area contributed by atoms with E-state index in [2.05, 4.69) is 22.9 Å². The molecule has 2 N–H and O–H groups in total. The molecule has 1 aromatic rings. The highest BCUT2D eigenvalue weighted by Gasteiger charge is 2.21. The van der Waals surface area contributed by atoms with Crippen LogP contribution in [0, 0.1) is 11.7 Å². The first-order chi connectivity index (χ1) is 8.61. The fourth-order valence-electron chi connectivity index (χ4n) is 2.49. The Morgan fingerprint density at radius 3 is 2.89 bits per heavy atom. The number of nitrogens with two attached hydrogens (primary N) is 1. The van der Waals surface area contributed by atoms with Gasteiger partial charge in [0.25, 0.3) is 0 Å². The lowest BCUT2D eigenvalue weighted by Crippen LogP contribution is -2.15. The predicted molar refractivity (Wildman–Crippen MR) is 79.3 cm³/mol. The van der Waals surface area contributed by atoms with Crippen molar-refractivity contribution in [2.24, 2.45) is 11.7 Å². The minimum atomic E-state index is -0.152. The summed E-state index contributed by atoms with van der Waals surface area (Å²) < 4.78 is 14.7. The van der Waals surface area contributed by atoms with Gasteiger partial charge in [0.1, 0.15) is 0 Å². The molecular weight excluding hydrogens is 313 g/mol. The lowest BCUT2D eigenvalue weighted by atomic mass is 9.91. The van der Waals surface area contributed by atoms with Gasteiger partial charge in [0.05, 0.1) is 4.47 Å². The van der Waals surface area contributed by atoms with Gasteiger partial charge in [-0.05, 0) is 46.3 Å². The molecule has 2 atom stereocenters. The molecule has 1 aliphatic rings. The third kappa shape index (κ3) is 3.28. The summed E-state index contributed by atoms with van der Waals surface area (Å²) in [7, 11) is 0. The highest BCUT2D eigenvalue weighted by atomic mass is 79.9. The summed E-state index contributed by atoms with van der Waals surface area (Å²) >= 11 is 4.98. The van der Waals surface area contributed by atoms with Gasteiger partial charge >= 0.3 is 0 Å². The van der Waals surface area contributed by atoms with Gasteiger partial charge in [-0.1, -0.05) is 25.8 Å². The van der Waals surface area contributed by atoms with Gasteiger partial charge in [0, 0.05) is 16.7 Å². The second-order valence-corrected chi connectivity index (χ2v) is 7.20. The largest absolute Gasteiger partial charge is 0.326 e. The average Bonchev–Trinajstić information content (AvgIpc) is 2.35. The summed E-state index contributed by atoms with van der Waals surface area (Å²) in [6.07, 6.45) is 4.98. The van der Waals surface area contributed by atoms with Crippen molar-refractivity contribution >= 4 is 27.7 Å². The zero-order valence-electron chi connectivity index (χ0n) is 10.6. The maximum Gasteiger partial charge on any atom is 0.151 e. The van der Waals surface area contributed by atoms with E-state index in [-0.39, 0.29) is 5.82 Å². The minimum Gasteiger partial charge on any atom is -0.326 e. The van der Waals surface area contributed by atoms with Gasteiger partial charge in [-0.3, -0.25) is 0 Å². The van der Waals surface area contributed by atoms with Crippen LogP contribution in [0.4, 0.5) is 4.39 Å². The molecule has 0 heterocycles. The van der Waals surface area contributed by atoms with E-state index in [0.29, 0.717) is 16.3 Å².